The van der Waals surface area contributed by atoms with Gasteiger partial charge in [-0.05, 0) is 36.4 Å². The number of fused-ring (bicyclic) bond motifs is 1. The fraction of sp³-hybridized carbons (Fsp3) is 0.200. The Bertz CT molecular complexity index is 1220. The number of nitrogens with zero attached hydrogens (tertiary/aromatic N) is 2. The molecule has 1 aromatic heterocycles. The third kappa shape index (κ3) is 4.51. The summed E-state index contributed by atoms with van der Waals surface area (Å²) in [5.74, 6) is 2.44. The summed E-state index contributed by atoms with van der Waals surface area (Å²) in [5.41, 5.74) is 2.33. The number of carbonyl (C=O) groups is 1. The molecule has 164 valence electrons. The number of rotatable bonds is 9. The van der Waals surface area contributed by atoms with E-state index in [0.717, 1.165) is 16.9 Å². The second kappa shape index (κ2) is 9.87. The van der Waals surface area contributed by atoms with Crippen LogP contribution in [0.2, 0.25) is 0 Å². The number of para-hydroxylation sites is 5. The highest BCUT2D eigenvalue weighted by Gasteiger charge is 2.15. The Kier molecular flexibility index (Phi) is 6.55. The van der Waals surface area contributed by atoms with Crippen LogP contribution in [0.25, 0.3) is 11.0 Å². The van der Waals surface area contributed by atoms with Gasteiger partial charge in [0.05, 0.1) is 43.9 Å². The van der Waals surface area contributed by atoms with Crippen molar-refractivity contribution in [3.8, 4) is 17.2 Å². The summed E-state index contributed by atoms with van der Waals surface area (Å²) in [4.78, 5) is 17.4. The maximum absolute atomic E-state index is 12.7. The summed E-state index contributed by atoms with van der Waals surface area (Å²) < 4.78 is 18.7. The van der Waals surface area contributed by atoms with Crippen LogP contribution in [0.4, 0.5) is 0 Å². The van der Waals surface area contributed by atoms with Crippen molar-refractivity contribution in [2.24, 2.45) is 0 Å². The lowest BCUT2D eigenvalue weighted by molar-refractivity contribution is 0.0946. The molecule has 0 radical (unpaired) electrons. The molecule has 1 N–H and O–H groups in total. The van der Waals surface area contributed by atoms with Crippen molar-refractivity contribution in [1.82, 2.24) is 14.9 Å². The first-order valence-electron chi connectivity index (χ1n) is 10.3. The molecule has 4 rings (SSSR count). The zero-order valence-electron chi connectivity index (χ0n) is 18.1. The monoisotopic (exact) mass is 431 g/mol. The molecule has 4 aromatic rings. The van der Waals surface area contributed by atoms with Gasteiger partial charge in [-0.2, -0.15) is 0 Å². The Morgan fingerprint density at radius 2 is 1.53 bits per heavy atom. The zero-order chi connectivity index (χ0) is 22.3. The van der Waals surface area contributed by atoms with Crippen LogP contribution in [0.3, 0.4) is 0 Å². The van der Waals surface area contributed by atoms with E-state index >= 15 is 0 Å². The Labute approximate surface area is 186 Å². The van der Waals surface area contributed by atoms with E-state index in [1.54, 1.807) is 26.4 Å². The molecule has 3 aromatic carbocycles. The van der Waals surface area contributed by atoms with Crippen LogP contribution in [-0.2, 0) is 13.1 Å². The number of methoxy groups -OCH3 is 2. The minimum absolute atomic E-state index is 0.216. The van der Waals surface area contributed by atoms with Gasteiger partial charge in [-0.1, -0.05) is 36.4 Å². The van der Waals surface area contributed by atoms with Crippen molar-refractivity contribution in [1.29, 1.82) is 0 Å². The highest BCUT2D eigenvalue weighted by Crippen LogP contribution is 2.26. The Morgan fingerprint density at radius 1 is 0.875 bits per heavy atom. The molecule has 0 saturated carbocycles. The molecule has 0 aliphatic carbocycles. The minimum Gasteiger partial charge on any atom is -0.496 e. The average molecular weight is 431 g/mol. The molecule has 7 nitrogen and oxygen atoms in total. The molecule has 1 heterocycles. The summed E-state index contributed by atoms with van der Waals surface area (Å²) >= 11 is 0. The standard InChI is InChI=1S/C25H25N3O4/c1-30-21-12-6-3-9-18(21)25(29)26-17-24-27-19-10-4-5-11-20(19)28(24)15-16-32-23-14-8-7-13-22(23)31-2/h3-14H,15-17H2,1-2H3,(H,26,29). The SMILES string of the molecule is COc1ccccc1OCCn1c(CNC(=O)c2ccccc2OC)nc2ccccc21. The van der Waals surface area contributed by atoms with Crippen LogP contribution in [0.5, 0.6) is 17.2 Å². The van der Waals surface area contributed by atoms with Gasteiger partial charge in [0, 0.05) is 0 Å². The topological polar surface area (TPSA) is 74.6 Å². The molecule has 0 aliphatic heterocycles. The summed E-state index contributed by atoms with van der Waals surface area (Å²) in [7, 11) is 3.17. The molecular weight excluding hydrogens is 406 g/mol. The molecule has 1 amide bonds. The predicted octanol–water partition coefficient (Wildman–Crippen LogP) is 4.06. The predicted molar refractivity (Wildman–Crippen MR) is 122 cm³/mol. The van der Waals surface area contributed by atoms with Crippen LogP contribution >= 0.6 is 0 Å². The molecule has 0 atom stereocenters. The van der Waals surface area contributed by atoms with Gasteiger partial charge in [-0.15, -0.1) is 0 Å². The van der Waals surface area contributed by atoms with Crippen LogP contribution in [0.1, 0.15) is 16.2 Å². The first-order chi connectivity index (χ1) is 15.7. The molecular formula is C25H25N3O4. The van der Waals surface area contributed by atoms with Gasteiger partial charge in [0.25, 0.3) is 5.91 Å². The first-order valence-corrected chi connectivity index (χ1v) is 10.3. The Balaban J connectivity index is 1.50. The van der Waals surface area contributed by atoms with Crippen molar-refractivity contribution in [2.45, 2.75) is 13.1 Å². The van der Waals surface area contributed by atoms with E-state index in [9.17, 15) is 4.79 Å². The highest BCUT2D eigenvalue weighted by atomic mass is 16.5. The maximum atomic E-state index is 12.7. The van der Waals surface area contributed by atoms with Crippen LogP contribution in [0, 0.1) is 0 Å². The third-order valence-corrected chi connectivity index (χ3v) is 5.13. The zero-order valence-corrected chi connectivity index (χ0v) is 18.1. The van der Waals surface area contributed by atoms with E-state index in [4.69, 9.17) is 19.2 Å². The lowest BCUT2D eigenvalue weighted by atomic mass is 10.2. The molecule has 0 bridgehead atoms. The van der Waals surface area contributed by atoms with Gasteiger partial charge >= 0.3 is 0 Å². The highest BCUT2D eigenvalue weighted by molar-refractivity contribution is 5.96. The second-order valence-electron chi connectivity index (χ2n) is 7.05. The number of ether oxygens (including phenoxy) is 3. The molecule has 0 fully saturated rings. The molecule has 7 heteroatoms. The number of imidazole rings is 1. The van der Waals surface area contributed by atoms with Gasteiger partial charge in [0.1, 0.15) is 18.2 Å². The molecule has 0 aliphatic rings. The number of carbonyl (C=O) groups excluding carboxylic acids is 1. The lowest BCUT2D eigenvalue weighted by Gasteiger charge is -2.13. The normalized spacial score (nSPS) is 10.7. The van der Waals surface area contributed by atoms with Gasteiger partial charge in [0.15, 0.2) is 11.5 Å². The number of aromatic nitrogens is 2. The van der Waals surface area contributed by atoms with E-state index < -0.39 is 0 Å². The Morgan fingerprint density at radius 3 is 2.31 bits per heavy atom. The number of amides is 1. The summed E-state index contributed by atoms with van der Waals surface area (Å²) in [6.07, 6.45) is 0. The quantitative estimate of drug-likeness (QED) is 0.433. The summed E-state index contributed by atoms with van der Waals surface area (Å²) in [6, 6.07) is 22.6. The molecule has 0 saturated heterocycles. The summed E-state index contributed by atoms with van der Waals surface area (Å²) in [6.45, 7) is 1.27. The number of nitrogens with one attached hydrogen (secondary N) is 1. The van der Waals surface area contributed by atoms with Crippen molar-refractivity contribution in [3.63, 3.8) is 0 Å². The number of hydrogen-bond donors (Lipinski definition) is 1. The van der Waals surface area contributed by atoms with E-state index in [1.807, 2.05) is 60.7 Å². The fourth-order valence-corrected chi connectivity index (χ4v) is 3.58. The van der Waals surface area contributed by atoms with Gasteiger partial charge < -0.3 is 24.1 Å². The number of benzene rings is 3. The molecule has 32 heavy (non-hydrogen) atoms. The molecule has 0 spiro atoms. The Hall–Kier alpha value is -4.00. The van der Waals surface area contributed by atoms with Crippen molar-refractivity contribution >= 4 is 16.9 Å². The van der Waals surface area contributed by atoms with Crippen LogP contribution in [0.15, 0.2) is 72.8 Å². The van der Waals surface area contributed by atoms with E-state index in [2.05, 4.69) is 9.88 Å². The van der Waals surface area contributed by atoms with Gasteiger partial charge in [0.2, 0.25) is 0 Å². The lowest BCUT2D eigenvalue weighted by Crippen LogP contribution is -2.25. The maximum Gasteiger partial charge on any atom is 0.255 e. The van der Waals surface area contributed by atoms with Crippen molar-refractivity contribution < 1.29 is 19.0 Å². The smallest absolute Gasteiger partial charge is 0.255 e. The van der Waals surface area contributed by atoms with Crippen LogP contribution < -0.4 is 19.5 Å². The number of hydrogen-bond acceptors (Lipinski definition) is 5. The van der Waals surface area contributed by atoms with Gasteiger partial charge in [-0.3, -0.25) is 4.79 Å². The average Bonchev–Trinajstić information content (AvgIpc) is 3.20. The summed E-state index contributed by atoms with van der Waals surface area (Å²) in [5, 5.41) is 2.95. The van der Waals surface area contributed by atoms with E-state index in [1.165, 1.54) is 0 Å². The van der Waals surface area contributed by atoms with Gasteiger partial charge in [-0.25, -0.2) is 4.98 Å². The third-order valence-electron chi connectivity index (χ3n) is 5.13. The van der Waals surface area contributed by atoms with Crippen LogP contribution in [-0.4, -0.2) is 36.3 Å². The van der Waals surface area contributed by atoms with E-state index in [-0.39, 0.29) is 12.5 Å². The second-order valence-corrected chi connectivity index (χ2v) is 7.05. The van der Waals surface area contributed by atoms with Crippen molar-refractivity contribution in [3.05, 3.63) is 84.2 Å². The first kappa shape index (κ1) is 21.2. The molecule has 0 unspecified atom stereocenters. The largest absolute Gasteiger partial charge is 0.496 e. The fourth-order valence-electron chi connectivity index (χ4n) is 3.58. The minimum atomic E-state index is -0.216. The van der Waals surface area contributed by atoms with Crippen molar-refractivity contribution in [2.75, 3.05) is 20.8 Å². The van der Waals surface area contributed by atoms with E-state index in [0.29, 0.717) is 36.0 Å².